The van der Waals surface area contributed by atoms with Crippen molar-refractivity contribution < 1.29 is 17.9 Å². The molecule has 3 N–H and O–H groups in total. The Hall–Kier alpha value is -1.76. The normalized spacial score (nSPS) is 13.3. The van der Waals surface area contributed by atoms with Crippen molar-refractivity contribution in [2.75, 3.05) is 20.7 Å². The first-order chi connectivity index (χ1) is 9.24. The van der Waals surface area contributed by atoms with Gasteiger partial charge >= 0.3 is 6.18 Å². The molecular formula is C13H18F3N3O. The zero-order valence-electron chi connectivity index (χ0n) is 11.4. The van der Waals surface area contributed by atoms with Crippen LogP contribution in [0.1, 0.15) is 5.56 Å². The maximum absolute atomic E-state index is 12.7. The topological polar surface area (TPSA) is 62.3 Å². The smallest absolute Gasteiger partial charge is 0.399 e. The molecule has 4 nitrogen and oxygen atoms in total. The molecule has 112 valence electrons. The fourth-order valence-corrected chi connectivity index (χ4v) is 1.80. The molecule has 1 unspecified atom stereocenters. The lowest BCUT2D eigenvalue weighted by atomic mass is 10.1. The summed E-state index contributed by atoms with van der Waals surface area (Å²) in [7, 11) is 3.10. The summed E-state index contributed by atoms with van der Waals surface area (Å²) in [5.41, 5.74) is 5.88. The highest BCUT2D eigenvalue weighted by molar-refractivity contribution is 5.80. The number of nitrogens with one attached hydrogen (secondary N) is 1. The quantitative estimate of drug-likeness (QED) is 0.623. The van der Waals surface area contributed by atoms with Crippen LogP contribution in [0.5, 0.6) is 5.75 Å². The van der Waals surface area contributed by atoms with Crippen LogP contribution in [0.25, 0.3) is 0 Å². The highest BCUT2D eigenvalue weighted by Crippen LogP contribution is 2.27. The molecule has 0 aliphatic carbocycles. The zero-order chi connectivity index (χ0) is 15.3. The van der Waals surface area contributed by atoms with Crippen LogP contribution in [0, 0.1) is 11.3 Å². The third-order valence-electron chi connectivity index (χ3n) is 2.88. The number of hydrogen-bond acceptors (Lipinski definition) is 3. The molecule has 0 saturated heterocycles. The Labute approximate surface area is 115 Å². The van der Waals surface area contributed by atoms with E-state index in [1.807, 2.05) is 0 Å². The number of amidine groups is 1. The van der Waals surface area contributed by atoms with E-state index in [0.29, 0.717) is 12.3 Å². The molecule has 0 bridgehead atoms. The van der Waals surface area contributed by atoms with Gasteiger partial charge < -0.3 is 15.4 Å². The molecule has 0 aliphatic heterocycles. The van der Waals surface area contributed by atoms with Crippen LogP contribution >= 0.6 is 0 Å². The molecule has 7 heteroatoms. The van der Waals surface area contributed by atoms with Crippen LogP contribution in [-0.2, 0) is 6.54 Å². The summed E-state index contributed by atoms with van der Waals surface area (Å²) in [6.07, 6.45) is -4.50. The number of rotatable bonds is 6. The number of nitrogens with zero attached hydrogens (tertiary/aromatic N) is 1. The Morgan fingerprint density at radius 2 is 1.90 bits per heavy atom. The van der Waals surface area contributed by atoms with E-state index in [2.05, 4.69) is 0 Å². The fourth-order valence-electron chi connectivity index (χ4n) is 1.80. The number of alkyl halides is 3. The molecule has 0 amide bonds. The summed E-state index contributed by atoms with van der Waals surface area (Å²) in [4.78, 5) is 1.49. The second-order valence-electron chi connectivity index (χ2n) is 4.59. The summed E-state index contributed by atoms with van der Waals surface area (Å²) < 4.78 is 43.1. The summed E-state index contributed by atoms with van der Waals surface area (Å²) in [6, 6.07) is 7.06. The fraction of sp³-hybridized carbons (Fsp3) is 0.462. The number of nitrogens with two attached hydrogens (primary N) is 1. The monoisotopic (exact) mass is 289 g/mol. The minimum absolute atomic E-state index is 0.337. The first-order valence-electron chi connectivity index (χ1n) is 5.96. The minimum Gasteiger partial charge on any atom is -0.497 e. The molecule has 1 atom stereocenters. The summed E-state index contributed by atoms with van der Waals surface area (Å²) >= 11 is 0. The van der Waals surface area contributed by atoms with Crippen molar-refractivity contribution in [3.8, 4) is 5.75 Å². The number of halogens is 3. The van der Waals surface area contributed by atoms with E-state index in [0.717, 1.165) is 5.56 Å². The summed E-state index contributed by atoms with van der Waals surface area (Å²) in [6.45, 7) is -0.00524. The van der Waals surface area contributed by atoms with Crippen LogP contribution in [0.4, 0.5) is 13.2 Å². The Kier molecular flexibility index (Phi) is 5.38. The van der Waals surface area contributed by atoms with Crippen molar-refractivity contribution in [1.82, 2.24) is 4.90 Å². The highest BCUT2D eigenvalue weighted by atomic mass is 19.4. The first kappa shape index (κ1) is 16.3. The molecule has 0 fully saturated rings. The third-order valence-corrected chi connectivity index (χ3v) is 2.88. The predicted octanol–water partition coefficient (Wildman–Crippen LogP) is 2.24. The van der Waals surface area contributed by atoms with Crippen LogP contribution in [0.15, 0.2) is 24.3 Å². The standard InChI is InChI=1S/C13H18F3N3O/c1-19(8-11(12(17)18)13(14,15)16)7-9-3-5-10(20-2)6-4-9/h3-6,11H,7-8H2,1-2H3,(H3,17,18). The van der Waals surface area contributed by atoms with Crippen molar-refractivity contribution in [2.24, 2.45) is 11.7 Å². The van der Waals surface area contributed by atoms with Gasteiger partial charge in [0.25, 0.3) is 0 Å². The van der Waals surface area contributed by atoms with Crippen LogP contribution < -0.4 is 10.5 Å². The minimum atomic E-state index is -4.50. The molecule has 1 aromatic carbocycles. The zero-order valence-corrected chi connectivity index (χ0v) is 11.4. The van der Waals surface area contributed by atoms with E-state index in [-0.39, 0.29) is 6.54 Å². The molecule has 1 rings (SSSR count). The van der Waals surface area contributed by atoms with Crippen molar-refractivity contribution in [3.05, 3.63) is 29.8 Å². The van der Waals surface area contributed by atoms with Crippen LogP contribution in [0.3, 0.4) is 0 Å². The van der Waals surface area contributed by atoms with E-state index in [1.165, 1.54) is 4.90 Å². The van der Waals surface area contributed by atoms with Crippen molar-refractivity contribution in [2.45, 2.75) is 12.7 Å². The molecule has 20 heavy (non-hydrogen) atoms. The van der Waals surface area contributed by atoms with E-state index >= 15 is 0 Å². The molecular weight excluding hydrogens is 271 g/mol. The number of methoxy groups -OCH3 is 1. The first-order valence-corrected chi connectivity index (χ1v) is 5.96. The van der Waals surface area contributed by atoms with Crippen molar-refractivity contribution in [1.29, 1.82) is 5.41 Å². The Morgan fingerprint density at radius 3 is 2.30 bits per heavy atom. The van der Waals surface area contributed by atoms with Gasteiger partial charge in [0.2, 0.25) is 0 Å². The van der Waals surface area contributed by atoms with Gasteiger partial charge in [0, 0.05) is 13.1 Å². The molecule has 1 aromatic rings. The lowest BCUT2D eigenvalue weighted by Crippen LogP contribution is -2.42. The lowest BCUT2D eigenvalue weighted by molar-refractivity contribution is -0.159. The molecule has 0 spiro atoms. The average molecular weight is 289 g/mol. The van der Waals surface area contributed by atoms with Gasteiger partial charge in [0.15, 0.2) is 0 Å². The largest absolute Gasteiger partial charge is 0.497 e. The van der Waals surface area contributed by atoms with Gasteiger partial charge in [-0.15, -0.1) is 0 Å². The number of benzene rings is 1. The highest BCUT2D eigenvalue weighted by Gasteiger charge is 2.42. The van der Waals surface area contributed by atoms with Gasteiger partial charge in [-0.1, -0.05) is 12.1 Å². The Balaban J connectivity index is 2.65. The average Bonchev–Trinajstić information content (AvgIpc) is 2.35. The second kappa shape index (κ2) is 6.60. The van der Waals surface area contributed by atoms with E-state index in [1.54, 1.807) is 38.4 Å². The molecule has 0 saturated carbocycles. The summed E-state index contributed by atoms with van der Waals surface area (Å²) in [5, 5.41) is 7.05. The van der Waals surface area contributed by atoms with E-state index < -0.39 is 17.9 Å². The molecule has 0 aromatic heterocycles. The van der Waals surface area contributed by atoms with Gasteiger partial charge in [-0.25, -0.2) is 0 Å². The third kappa shape index (κ3) is 4.73. The molecule has 0 heterocycles. The van der Waals surface area contributed by atoms with Gasteiger partial charge in [0.05, 0.1) is 7.11 Å². The van der Waals surface area contributed by atoms with Crippen molar-refractivity contribution in [3.63, 3.8) is 0 Å². The maximum Gasteiger partial charge on any atom is 0.399 e. The number of hydrogen-bond donors (Lipinski definition) is 2. The second-order valence-corrected chi connectivity index (χ2v) is 4.59. The van der Waals surface area contributed by atoms with E-state index in [9.17, 15) is 13.2 Å². The Morgan fingerprint density at radius 1 is 1.35 bits per heavy atom. The van der Waals surface area contributed by atoms with Crippen LogP contribution in [-0.4, -0.2) is 37.6 Å². The SMILES string of the molecule is COc1ccc(CN(C)CC(C(=N)N)C(F)(F)F)cc1. The molecule has 0 radical (unpaired) electrons. The van der Waals surface area contributed by atoms with Gasteiger partial charge in [0.1, 0.15) is 17.5 Å². The van der Waals surface area contributed by atoms with Gasteiger partial charge in [-0.3, -0.25) is 5.41 Å². The van der Waals surface area contributed by atoms with Crippen LogP contribution in [0.2, 0.25) is 0 Å². The molecule has 0 aliphatic rings. The predicted molar refractivity (Wildman–Crippen MR) is 70.8 cm³/mol. The number of ether oxygens (including phenoxy) is 1. The van der Waals surface area contributed by atoms with Gasteiger partial charge in [-0.05, 0) is 24.7 Å². The van der Waals surface area contributed by atoms with Crippen molar-refractivity contribution >= 4 is 5.84 Å². The Bertz CT molecular complexity index is 445. The maximum atomic E-state index is 12.7. The van der Waals surface area contributed by atoms with E-state index in [4.69, 9.17) is 15.9 Å². The lowest BCUT2D eigenvalue weighted by Gasteiger charge is -2.25. The summed E-state index contributed by atoms with van der Waals surface area (Å²) in [5.74, 6) is -2.11. The van der Waals surface area contributed by atoms with Gasteiger partial charge in [-0.2, -0.15) is 13.2 Å².